The normalized spacial score (nSPS) is 9.55. The first kappa shape index (κ1) is 8.29. The number of hydrogen-bond donors (Lipinski definition) is 2. The topological polar surface area (TPSA) is 68.0 Å². The van der Waals surface area contributed by atoms with Gasteiger partial charge in [-0.15, -0.1) is 11.3 Å². The SMILES string of the molecule is NC(=O)CNc1nc(Cl)cs1. The molecule has 1 rings (SSSR count). The molecule has 1 aromatic heterocycles. The van der Waals surface area contributed by atoms with E-state index < -0.39 is 5.91 Å². The van der Waals surface area contributed by atoms with Gasteiger partial charge in [-0.2, -0.15) is 0 Å². The van der Waals surface area contributed by atoms with Crippen LogP contribution < -0.4 is 11.1 Å². The number of aromatic nitrogens is 1. The second kappa shape index (κ2) is 3.54. The third-order valence-corrected chi connectivity index (χ3v) is 2.01. The van der Waals surface area contributed by atoms with Crippen molar-refractivity contribution in [2.45, 2.75) is 0 Å². The second-order valence-electron chi connectivity index (χ2n) is 1.80. The summed E-state index contributed by atoms with van der Waals surface area (Å²) >= 11 is 6.85. The Morgan fingerprint density at radius 1 is 1.91 bits per heavy atom. The largest absolute Gasteiger partial charge is 0.368 e. The van der Waals surface area contributed by atoms with E-state index in [-0.39, 0.29) is 6.54 Å². The molecule has 3 N–H and O–H groups in total. The zero-order chi connectivity index (χ0) is 8.27. The van der Waals surface area contributed by atoms with E-state index in [1.165, 1.54) is 11.3 Å². The van der Waals surface area contributed by atoms with Gasteiger partial charge in [-0.25, -0.2) is 4.98 Å². The standard InChI is InChI=1S/C5H6ClN3OS/c6-3-2-11-5(9-3)8-1-4(7)10/h2H,1H2,(H2,7,10)(H,8,9). The third kappa shape index (κ3) is 2.73. The number of rotatable bonds is 3. The van der Waals surface area contributed by atoms with Gasteiger partial charge in [-0.3, -0.25) is 4.79 Å². The van der Waals surface area contributed by atoms with E-state index in [4.69, 9.17) is 17.3 Å². The maximum atomic E-state index is 10.3. The highest BCUT2D eigenvalue weighted by Gasteiger charge is 1.99. The number of thiazole rings is 1. The molecule has 0 bridgehead atoms. The number of nitrogens with two attached hydrogens (primary N) is 1. The van der Waals surface area contributed by atoms with Crippen molar-refractivity contribution in [3.63, 3.8) is 0 Å². The fourth-order valence-corrected chi connectivity index (χ4v) is 1.33. The first-order valence-corrected chi connectivity index (χ1v) is 4.07. The summed E-state index contributed by atoms with van der Waals surface area (Å²) in [6.07, 6.45) is 0. The molecule has 0 aliphatic heterocycles. The number of carbonyl (C=O) groups excluding carboxylic acids is 1. The lowest BCUT2D eigenvalue weighted by Crippen LogP contribution is -2.21. The van der Waals surface area contributed by atoms with Crippen molar-refractivity contribution >= 4 is 34.0 Å². The van der Waals surface area contributed by atoms with Crippen molar-refractivity contribution in [2.24, 2.45) is 5.73 Å². The Bertz CT molecular complexity index is 262. The van der Waals surface area contributed by atoms with Gasteiger partial charge in [0.25, 0.3) is 0 Å². The molecule has 0 saturated heterocycles. The molecule has 60 valence electrons. The van der Waals surface area contributed by atoms with Crippen LogP contribution in [0.25, 0.3) is 0 Å². The highest BCUT2D eigenvalue weighted by atomic mass is 35.5. The summed E-state index contributed by atoms with van der Waals surface area (Å²) in [4.78, 5) is 14.1. The number of amides is 1. The van der Waals surface area contributed by atoms with Crippen molar-refractivity contribution in [1.29, 1.82) is 0 Å². The quantitative estimate of drug-likeness (QED) is 0.739. The van der Waals surface area contributed by atoms with Gasteiger partial charge >= 0.3 is 0 Å². The van der Waals surface area contributed by atoms with Crippen molar-refractivity contribution in [1.82, 2.24) is 4.98 Å². The molecular formula is C5H6ClN3OS. The van der Waals surface area contributed by atoms with Crippen molar-refractivity contribution in [2.75, 3.05) is 11.9 Å². The zero-order valence-electron chi connectivity index (χ0n) is 5.50. The minimum absolute atomic E-state index is 0.0871. The van der Waals surface area contributed by atoms with E-state index in [0.717, 1.165) is 0 Å². The fraction of sp³-hybridized carbons (Fsp3) is 0.200. The number of hydrogen-bond acceptors (Lipinski definition) is 4. The minimum atomic E-state index is -0.420. The van der Waals surface area contributed by atoms with Gasteiger partial charge < -0.3 is 11.1 Å². The maximum absolute atomic E-state index is 10.3. The predicted molar refractivity (Wildman–Crippen MR) is 44.8 cm³/mol. The van der Waals surface area contributed by atoms with Crippen LogP contribution in [0, 0.1) is 0 Å². The summed E-state index contributed by atoms with van der Waals surface area (Å²) in [6.45, 7) is 0.0871. The van der Waals surface area contributed by atoms with Crippen LogP contribution in [0.3, 0.4) is 0 Å². The molecule has 0 aromatic carbocycles. The van der Waals surface area contributed by atoms with Gasteiger partial charge in [0.2, 0.25) is 5.91 Å². The van der Waals surface area contributed by atoms with Crippen LogP contribution in [0.2, 0.25) is 5.15 Å². The van der Waals surface area contributed by atoms with Gasteiger partial charge in [0.05, 0.1) is 6.54 Å². The minimum Gasteiger partial charge on any atom is -0.368 e. The molecule has 0 spiro atoms. The molecule has 1 aromatic rings. The lowest BCUT2D eigenvalue weighted by atomic mass is 10.6. The number of carbonyl (C=O) groups is 1. The van der Waals surface area contributed by atoms with Crippen molar-refractivity contribution < 1.29 is 4.79 Å². The number of primary amides is 1. The number of anilines is 1. The zero-order valence-corrected chi connectivity index (χ0v) is 7.08. The Hall–Kier alpha value is -0.810. The third-order valence-electron chi connectivity index (χ3n) is 0.890. The molecule has 0 fully saturated rings. The van der Waals surface area contributed by atoms with E-state index in [9.17, 15) is 4.79 Å². The highest BCUT2D eigenvalue weighted by Crippen LogP contribution is 2.17. The Morgan fingerprint density at radius 2 is 2.64 bits per heavy atom. The molecule has 11 heavy (non-hydrogen) atoms. The molecule has 0 radical (unpaired) electrons. The number of nitrogens with one attached hydrogen (secondary N) is 1. The molecular weight excluding hydrogens is 186 g/mol. The molecule has 0 atom stereocenters. The first-order valence-electron chi connectivity index (χ1n) is 2.81. The van der Waals surface area contributed by atoms with E-state index in [1.54, 1.807) is 5.38 Å². The Balaban J connectivity index is 2.45. The predicted octanol–water partition coefficient (Wildman–Crippen LogP) is 0.694. The van der Waals surface area contributed by atoms with Crippen LogP contribution in [0.15, 0.2) is 5.38 Å². The summed E-state index contributed by atoms with van der Waals surface area (Å²) in [5.41, 5.74) is 4.89. The van der Waals surface area contributed by atoms with Gasteiger partial charge in [0.15, 0.2) is 5.13 Å². The van der Waals surface area contributed by atoms with Crippen molar-refractivity contribution in [3.05, 3.63) is 10.5 Å². The van der Waals surface area contributed by atoms with E-state index in [0.29, 0.717) is 10.3 Å². The van der Waals surface area contributed by atoms with Crippen LogP contribution in [0.4, 0.5) is 5.13 Å². The molecule has 6 heteroatoms. The maximum Gasteiger partial charge on any atom is 0.236 e. The summed E-state index contributed by atoms with van der Waals surface area (Å²) in [5.74, 6) is -0.420. The van der Waals surface area contributed by atoms with Gasteiger partial charge in [0, 0.05) is 5.38 Å². The summed E-state index contributed by atoms with van der Waals surface area (Å²) in [5, 5.41) is 5.41. The van der Waals surface area contributed by atoms with Crippen LogP contribution in [-0.2, 0) is 4.79 Å². The molecule has 0 aliphatic rings. The molecule has 1 heterocycles. The smallest absolute Gasteiger partial charge is 0.236 e. The lowest BCUT2D eigenvalue weighted by molar-refractivity contribution is -0.116. The van der Waals surface area contributed by atoms with Gasteiger partial charge in [-0.1, -0.05) is 11.6 Å². The lowest BCUT2D eigenvalue weighted by Gasteiger charge is -1.95. The summed E-state index contributed by atoms with van der Waals surface area (Å²) in [6, 6.07) is 0. The number of nitrogens with zero attached hydrogens (tertiary/aromatic N) is 1. The fourth-order valence-electron chi connectivity index (χ4n) is 0.498. The van der Waals surface area contributed by atoms with Crippen LogP contribution in [-0.4, -0.2) is 17.4 Å². The highest BCUT2D eigenvalue weighted by molar-refractivity contribution is 7.14. The van der Waals surface area contributed by atoms with Crippen molar-refractivity contribution in [3.8, 4) is 0 Å². The molecule has 0 saturated carbocycles. The van der Waals surface area contributed by atoms with Crippen LogP contribution >= 0.6 is 22.9 Å². The molecule has 1 amide bonds. The van der Waals surface area contributed by atoms with E-state index in [1.807, 2.05) is 0 Å². The average Bonchev–Trinajstić information content (AvgIpc) is 2.31. The van der Waals surface area contributed by atoms with E-state index >= 15 is 0 Å². The average molecular weight is 192 g/mol. The first-order chi connectivity index (χ1) is 5.18. The van der Waals surface area contributed by atoms with Gasteiger partial charge in [-0.05, 0) is 0 Å². The monoisotopic (exact) mass is 191 g/mol. The van der Waals surface area contributed by atoms with Crippen LogP contribution in [0.1, 0.15) is 0 Å². The van der Waals surface area contributed by atoms with E-state index in [2.05, 4.69) is 10.3 Å². The summed E-state index contributed by atoms with van der Waals surface area (Å²) in [7, 11) is 0. The molecule has 0 aliphatic carbocycles. The Morgan fingerprint density at radius 3 is 3.09 bits per heavy atom. The Kier molecular flexibility index (Phi) is 2.67. The molecule has 0 unspecified atom stereocenters. The Labute approximate surface area is 72.4 Å². The number of halogens is 1. The van der Waals surface area contributed by atoms with Gasteiger partial charge in [0.1, 0.15) is 5.15 Å². The summed E-state index contributed by atoms with van der Waals surface area (Å²) < 4.78 is 0. The second-order valence-corrected chi connectivity index (χ2v) is 3.04. The van der Waals surface area contributed by atoms with Crippen LogP contribution in [0.5, 0.6) is 0 Å². The molecule has 4 nitrogen and oxygen atoms in total.